The lowest BCUT2D eigenvalue weighted by molar-refractivity contribution is -0.117. The predicted molar refractivity (Wildman–Crippen MR) is 98.7 cm³/mol. The Labute approximate surface area is 150 Å². The third kappa shape index (κ3) is 4.72. The zero-order valence-electron chi connectivity index (χ0n) is 14.0. The number of likely N-dealkylation sites (N-methyl/N-ethyl adjacent to an activating group) is 1. The topological polar surface area (TPSA) is 50.8 Å². The van der Waals surface area contributed by atoms with Gasteiger partial charge in [0, 0.05) is 16.6 Å². The zero-order valence-corrected chi connectivity index (χ0v) is 15.6. The molecule has 2 rings (SSSR count). The maximum Gasteiger partial charge on any atom is 0.238 e. The fraction of sp³-hybridized carbons (Fsp3) is 0.278. The van der Waals surface area contributed by atoms with E-state index in [0.29, 0.717) is 18.0 Å². The second kappa shape index (κ2) is 8.70. The molecule has 0 spiro atoms. The van der Waals surface area contributed by atoms with Crippen LogP contribution in [0.4, 0.5) is 5.69 Å². The number of carbonyl (C=O) groups is 1. The van der Waals surface area contributed by atoms with Crippen molar-refractivity contribution in [1.29, 1.82) is 0 Å². The number of amides is 1. The number of nitrogens with one attached hydrogen (secondary N) is 1. The number of benzene rings is 2. The van der Waals surface area contributed by atoms with Gasteiger partial charge >= 0.3 is 0 Å². The monoisotopic (exact) mass is 392 g/mol. The predicted octanol–water partition coefficient (Wildman–Crippen LogP) is 3.54. The molecular formula is C18H21BrN2O3. The summed E-state index contributed by atoms with van der Waals surface area (Å²) < 4.78 is 11.6. The van der Waals surface area contributed by atoms with E-state index in [1.165, 1.54) is 0 Å². The van der Waals surface area contributed by atoms with Crippen LogP contribution in [0.2, 0.25) is 0 Å². The van der Waals surface area contributed by atoms with Gasteiger partial charge in [-0.3, -0.25) is 9.69 Å². The van der Waals surface area contributed by atoms with E-state index in [0.717, 1.165) is 15.7 Å². The summed E-state index contributed by atoms with van der Waals surface area (Å²) in [6, 6.07) is 13.2. The second-order valence-electron chi connectivity index (χ2n) is 5.35. The number of nitrogens with zero attached hydrogens (tertiary/aromatic N) is 1. The third-order valence-electron chi connectivity index (χ3n) is 3.49. The number of ether oxygens (including phenoxy) is 2. The van der Waals surface area contributed by atoms with Crippen molar-refractivity contribution >= 4 is 27.5 Å². The Hall–Kier alpha value is -2.05. The largest absolute Gasteiger partial charge is 0.493 e. The van der Waals surface area contributed by atoms with Gasteiger partial charge in [0.2, 0.25) is 5.91 Å². The van der Waals surface area contributed by atoms with Gasteiger partial charge in [-0.15, -0.1) is 0 Å². The van der Waals surface area contributed by atoms with E-state index in [2.05, 4.69) is 21.2 Å². The van der Waals surface area contributed by atoms with Gasteiger partial charge in [-0.25, -0.2) is 0 Å². The molecule has 0 saturated carbocycles. The van der Waals surface area contributed by atoms with Crippen molar-refractivity contribution in [1.82, 2.24) is 4.90 Å². The molecule has 0 aliphatic carbocycles. The average Bonchev–Trinajstić information content (AvgIpc) is 2.56. The van der Waals surface area contributed by atoms with Crippen LogP contribution in [0.1, 0.15) is 5.56 Å². The molecule has 0 aliphatic rings. The summed E-state index contributed by atoms with van der Waals surface area (Å²) in [4.78, 5) is 14.1. The summed E-state index contributed by atoms with van der Waals surface area (Å²) in [7, 11) is 5.11. The van der Waals surface area contributed by atoms with E-state index in [1.54, 1.807) is 14.2 Å². The zero-order chi connectivity index (χ0) is 17.5. The average molecular weight is 393 g/mol. The van der Waals surface area contributed by atoms with Crippen LogP contribution in [0, 0.1) is 0 Å². The normalized spacial score (nSPS) is 10.5. The molecule has 0 bridgehead atoms. The first-order valence-corrected chi connectivity index (χ1v) is 8.27. The van der Waals surface area contributed by atoms with Crippen LogP contribution in [-0.4, -0.2) is 38.6 Å². The van der Waals surface area contributed by atoms with Crippen molar-refractivity contribution in [2.24, 2.45) is 0 Å². The van der Waals surface area contributed by atoms with Crippen molar-refractivity contribution in [3.05, 3.63) is 52.5 Å². The smallest absolute Gasteiger partial charge is 0.238 e. The Balaban J connectivity index is 1.99. The molecule has 0 fully saturated rings. The molecule has 0 aromatic heterocycles. The first-order chi connectivity index (χ1) is 11.5. The maximum atomic E-state index is 12.2. The summed E-state index contributed by atoms with van der Waals surface area (Å²) in [5.41, 5.74) is 1.72. The Morgan fingerprint density at radius 3 is 2.54 bits per heavy atom. The minimum Gasteiger partial charge on any atom is -0.493 e. The molecule has 0 atom stereocenters. The van der Waals surface area contributed by atoms with Crippen LogP contribution in [0.3, 0.4) is 0 Å². The summed E-state index contributed by atoms with van der Waals surface area (Å²) in [6.45, 7) is 0.839. The van der Waals surface area contributed by atoms with Gasteiger partial charge < -0.3 is 14.8 Å². The van der Waals surface area contributed by atoms with Gasteiger partial charge in [-0.1, -0.05) is 24.3 Å². The molecule has 0 saturated heterocycles. The Kier molecular flexibility index (Phi) is 6.63. The molecule has 2 aromatic rings. The lowest BCUT2D eigenvalue weighted by Crippen LogP contribution is -2.30. The standard InChI is InChI=1S/C18H21BrN2O3/c1-21(11-13-7-6-10-16(23-2)18(13)24-3)12-17(22)20-15-9-5-4-8-14(15)19/h4-10H,11-12H2,1-3H3,(H,20,22). The molecule has 2 aromatic carbocycles. The molecular weight excluding hydrogens is 372 g/mol. The quantitative estimate of drug-likeness (QED) is 0.782. The minimum atomic E-state index is -0.0775. The SMILES string of the molecule is COc1cccc(CN(C)CC(=O)Nc2ccccc2Br)c1OC. The van der Waals surface area contributed by atoms with E-state index >= 15 is 0 Å². The molecule has 1 amide bonds. The van der Waals surface area contributed by atoms with E-state index in [9.17, 15) is 4.79 Å². The highest BCUT2D eigenvalue weighted by molar-refractivity contribution is 9.10. The molecule has 0 heterocycles. The lowest BCUT2D eigenvalue weighted by atomic mass is 10.1. The van der Waals surface area contributed by atoms with Crippen molar-refractivity contribution in [2.75, 3.05) is 33.1 Å². The van der Waals surface area contributed by atoms with Crippen LogP contribution in [0.5, 0.6) is 11.5 Å². The van der Waals surface area contributed by atoms with E-state index < -0.39 is 0 Å². The fourth-order valence-electron chi connectivity index (χ4n) is 2.42. The van der Waals surface area contributed by atoms with E-state index in [1.807, 2.05) is 54.4 Å². The lowest BCUT2D eigenvalue weighted by Gasteiger charge is -2.19. The van der Waals surface area contributed by atoms with Crippen molar-refractivity contribution in [3.8, 4) is 11.5 Å². The van der Waals surface area contributed by atoms with Crippen LogP contribution < -0.4 is 14.8 Å². The summed E-state index contributed by atoms with van der Waals surface area (Å²) in [5, 5.41) is 2.89. The van der Waals surface area contributed by atoms with Crippen molar-refractivity contribution in [2.45, 2.75) is 6.54 Å². The molecule has 5 nitrogen and oxygen atoms in total. The molecule has 24 heavy (non-hydrogen) atoms. The van der Waals surface area contributed by atoms with Gasteiger partial charge in [0.15, 0.2) is 11.5 Å². The summed E-state index contributed by atoms with van der Waals surface area (Å²) in [5.74, 6) is 1.30. The molecule has 0 aliphatic heterocycles. The maximum absolute atomic E-state index is 12.2. The number of hydrogen-bond donors (Lipinski definition) is 1. The Morgan fingerprint density at radius 1 is 1.12 bits per heavy atom. The highest BCUT2D eigenvalue weighted by Crippen LogP contribution is 2.31. The highest BCUT2D eigenvalue weighted by Gasteiger charge is 2.14. The molecule has 128 valence electrons. The van der Waals surface area contributed by atoms with E-state index in [-0.39, 0.29) is 12.5 Å². The number of hydrogen-bond acceptors (Lipinski definition) is 4. The summed E-state index contributed by atoms with van der Waals surface area (Å²) >= 11 is 3.42. The molecule has 0 unspecified atom stereocenters. The van der Waals surface area contributed by atoms with E-state index in [4.69, 9.17) is 9.47 Å². The van der Waals surface area contributed by atoms with Crippen molar-refractivity contribution < 1.29 is 14.3 Å². The van der Waals surface area contributed by atoms with Crippen LogP contribution >= 0.6 is 15.9 Å². The molecule has 0 radical (unpaired) electrons. The van der Waals surface area contributed by atoms with Gasteiger partial charge in [0.1, 0.15) is 0 Å². The van der Waals surface area contributed by atoms with Gasteiger partial charge in [0.05, 0.1) is 26.5 Å². The number of para-hydroxylation sites is 2. The summed E-state index contributed by atoms with van der Waals surface area (Å²) in [6.07, 6.45) is 0. The third-order valence-corrected chi connectivity index (χ3v) is 4.18. The number of methoxy groups -OCH3 is 2. The molecule has 1 N–H and O–H groups in total. The first kappa shape index (κ1) is 18.3. The Morgan fingerprint density at radius 2 is 1.88 bits per heavy atom. The van der Waals surface area contributed by atoms with Crippen LogP contribution in [0.15, 0.2) is 46.9 Å². The Bertz CT molecular complexity index is 706. The molecule has 6 heteroatoms. The second-order valence-corrected chi connectivity index (χ2v) is 6.21. The number of anilines is 1. The van der Waals surface area contributed by atoms with Crippen LogP contribution in [0.25, 0.3) is 0 Å². The van der Waals surface area contributed by atoms with Gasteiger partial charge in [-0.2, -0.15) is 0 Å². The highest BCUT2D eigenvalue weighted by atomic mass is 79.9. The number of rotatable bonds is 7. The van der Waals surface area contributed by atoms with Gasteiger partial charge in [-0.05, 0) is 41.2 Å². The number of carbonyl (C=O) groups excluding carboxylic acids is 1. The van der Waals surface area contributed by atoms with Crippen molar-refractivity contribution in [3.63, 3.8) is 0 Å². The number of halogens is 1. The van der Waals surface area contributed by atoms with Gasteiger partial charge in [0.25, 0.3) is 0 Å². The fourth-order valence-corrected chi connectivity index (χ4v) is 2.81. The van der Waals surface area contributed by atoms with Crippen LogP contribution in [-0.2, 0) is 11.3 Å². The first-order valence-electron chi connectivity index (χ1n) is 7.48. The minimum absolute atomic E-state index is 0.0775.